The number of nitrogens with two attached hydrogens (primary N) is 1. The van der Waals surface area contributed by atoms with Crippen LogP contribution in [0.5, 0.6) is 0 Å². The second kappa shape index (κ2) is 3.81. The van der Waals surface area contributed by atoms with Crippen LogP contribution in [0, 0.1) is 0 Å². The van der Waals surface area contributed by atoms with Gasteiger partial charge in [-0.25, -0.2) is 9.67 Å². The van der Waals surface area contributed by atoms with Gasteiger partial charge in [0.05, 0.1) is 23.6 Å². The van der Waals surface area contributed by atoms with E-state index in [1.54, 1.807) is 10.9 Å². The van der Waals surface area contributed by atoms with E-state index in [9.17, 15) is 0 Å². The van der Waals surface area contributed by atoms with Gasteiger partial charge in [0.25, 0.3) is 0 Å². The SMILES string of the molecule is CCn1ncnc1C(N)c1cnsn1. The maximum atomic E-state index is 5.96. The fraction of sp³-hybridized carbons (Fsp3) is 0.429. The highest BCUT2D eigenvalue weighted by Crippen LogP contribution is 2.14. The Hall–Kier alpha value is -1.34. The van der Waals surface area contributed by atoms with Gasteiger partial charge in [0, 0.05) is 6.54 Å². The summed E-state index contributed by atoms with van der Waals surface area (Å²) in [7, 11) is 0. The van der Waals surface area contributed by atoms with Crippen molar-refractivity contribution >= 4 is 11.7 Å². The van der Waals surface area contributed by atoms with Crippen LogP contribution in [0.25, 0.3) is 0 Å². The van der Waals surface area contributed by atoms with Crippen LogP contribution < -0.4 is 5.73 Å². The summed E-state index contributed by atoms with van der Waals surface area (Å²) in [6.45, 7) is 2.74. The highest BCUT2D eigenvalue weighted by atomic mass is 32.1. The normalized spacial score (nSPS) is 13.0. The van der Waals surface area contributed by atoms with Crippen LogP contribution in [0.15, 0.2) is 12.5 Å². The number of nitrogens with zero attached hydrogens (tertiary/aromatic N) is 5. The van der Waals surface area contributed by atoms with E-state index in [1.165, 1.54) is 6.33 Å². The Morgan fingerprint density at radius 1 is 1.64 bits per heavy atom. The van der Waals surface area contributed by atoms with E-state index >= 15 is 0 Å². The van der Waals surface area contributed by atoms with Gasteiger partial charge in [-0.3, -0.25) is 0 Å². The van der Waals surface area contributed by atoms with E-state index in [0.717, 1.165) is 29.8 Å². The van der Waals surface area contributed by atoms with E-state index in [1.807, 2.05) is 6.92 Å². The zero-order chi connectivity index (χ0) is 9.97. The van der Waals surface area contributed by atoms with E-state index in [0.29, 0.717) is 0 Å². The maximum Gasteiger partial charge on any atom is 0.150 e. The van der Waals surface area contributed by atoms with Gasteiger partial charge in [0.15, 0.2) is 0 Å². The van der Waals surface area contributed by atoms with Crippen LogP contribution in [0.3, 0.4) is 0 Å². The minimum absolute atomic E-state index is 0.337. The fourth-order valence-corrected chi connectivity index (χ4v) is 1.66. The molecule has 2 aromatic heterocycles. The Kier molecular flexibility index (Phi) is 2.51. The smallest absolute Gasteiger partial charge is 0.150 e. The van der Waals surface area contributed by atoms with Gasteiger partial charge >= 0.3 is 0 Å². The quantitative estimate of drug-likeness (QED) is 0.782. The van der Waals surface area contributed by atoms with Gasteiger partial charge in [0.2, 0.25) is 0 Å². The number of rotatable bonds is 3. The second-order valence-corrected chi connectivity index (χ2v) is 3.30. The van der Waals surface area contributed by atoms with Crippen molar-refractivity contribution in [1.82, 2.24) is 23.5 Å². The van der Waals surface area contributed by atoms with Gasteiger partial charge in [-0.1, -0.05) is 0 Å². The summed E-state index contributed by atoms with van der Waals surface area (Å²) in [5, 5.41) is 4.05. The third kappa shape index (κ3) is 1.51. The third-order valence-corrected chi connectivity index (χ3v) is 2.41. The molecule has 2 aromatic rings. The molecule has 0 amide bonds. The van der Waals surface area contributed by atoms with Crippen molar-refractivity contribution in [1.29, 1.82) is 0 Å². The lowest BCUT2D eigenvalue weighted by molar-refractivity contribution is 0.588. The Labute approximate surface area is 85.1 Å². The molecule has 1 unspecified atom stereocenters. The Balaban J connectivity index is 2.31. The molecule has 2 heterocycles. The van der Waals surface area contributed by atoms with Crippen molar-refractivity contribution in [3.05, 3.63) is 24.0 Å². The topological polar surface area (TPSA) is 82.5 Å². The Morgan fingerprint density at radius 3 is 3.14 bits per heavy atom. The number of aryl methyl sites for hydroxylation is 1. The first-order chi connectivity index (χ1) is 6.83. The fourth-order valence-electron chi connectivity index (χ4n) is 1.20. The molecule has 0 bridgehead atoms. The third-order valence-electron chi connectivity index (χ3n) is 1.92. The average Bonchev–Trinajstić information content (AvgIpc) is 2.87. The Morgan fingerprint density at radius 2 is 2.50 bits per heavy atom. The van der Waals surface area contributed by atoms with Gasteiger partial charge < -0.3 is 5.73 Å². The summed E-state index contributed by atoms with van der Waals surface area (Å²) in [6.07, 6.45) is 3.16. The minimum atomic E-state index is -0.337. The first-order valence-electron chi connectivity index (χ1n) is 4.23. The van der Waals surface area contributed by atoms with Crippen molar-refractivity contribution in [2.45, 2.75) is 19.5 Å². The lowest BCUT2D eigenvalue weighted by atomic mass is 10.2. The van der Waals surface area contributed by atoms with Crippen LogP contribution in [-0.2, 0) is 6.54 Å². The molecule has 74 valence electrons. The number of hydrogen-bond acceptors (Lipinski definition) is 6. The summed E-state index contributed by atoms with van der Waals surface area (Å²) in [4.78, 5) is 4.11. The summed E-state index contributed by atoms with van der Waals surface area (Å²) < 4.78 is 9.73. The summed E-state index contributed by atoms with van der Waals surface area (Å²) in [5.74, 6) is 0.722. The largest absolute Gasteiger partial charge is 0.316 e. The minimum Gasteiger partial charge on any atom is -0.316 e. The predicted octanol–water partition coefficient (Wildman–Crippen LogP) is 0.198. The molecular weight excluding hydrogens is 200 g/mol. The molecule has 0 aliphatic carbocycles. The Bertz CT molecular complexity index is 394. The first kappa shape index (κ1) is 9.22. The molecule has 0 fully saturated rings. The summed E-state index contributed by atoms with van der Waals surface area (Å²) in [6, 6.07) is -0.337. The molecule has 0 radical (unpaired) electrons. The standard InChI is InChI=1S/C7H10N6S/c1-2-13-7(9-4-10-13)6(8)5-3-11-14-12-5/h3-4,6H,2,8H2,1H3. The molecule has 0 aromatic carbocycles. The molecule has 0 saturated carbocycles. The maximum absolute atomic E-state index is 5.96. The molecule has 0 spiro atoms. The van der Waals surface area contributed by atoms with Crippen LogP contribution >= 0.6 is 11.7 Å². The first-order valence-corrected chi connectivity index (χ1v) is 4.96. The van der Waals surface area contributed by atoms with E-state index in [2.05, 4.69) is 18.8 Å². The molecule has 1 atom stereocenters. The summed E-state index contributed by atoms with van der Waals surface area (Å²) in [5.41, 5.74) is 6.70. The van der Waals surface area contributed by atoms with Crippen molar-refractivity contribution in [2.24, 2.45) is 5.73 Å². The van der Waals surface area contributed by atoms with E-state index in [-0.39, 0.29) is 6.04 Å². The monoisotopic (exact) mass is 210 g/mol. The molecule has 0 aliphatic heterocycles. The molecule has 6 nitrogen and oxygen atoms in total. The number of aromatic nitrogens is 5. The summed E-state index contributed by atoms with van der Waals surface area (Å²) >= 11 is 1.14. The van der Waals surface area contributed by atoms with E-state index in [4.69, 9.17) is 5.73 Å². The van der Waals surface area contributed by atoms with Gasteiger partial charge in [-0.2, -0.15) is 13.8 Å². The van der Waals surface area contributed by atoms with E-state index < -0.39 is 0 Å². The molecule has 2 rings (SSSR count). The molecule has 0 aliphatic rings. The van der Waals surface area contributed by atoms with Gasteiger partial charge in [-0.15, -0.1) is 0 Å². The van der Waals surface area contributed by atoms with Crippen LogP contribution in [0.2, 0.25) is 0 Å². The lowest BCUT2D eigenvalue weighted by Crippen LogP contribution is -2.18. The lowest BCUT2D eigenvalue weighted by Gasteiger charge is -2.07. The van der Waals surface area contributed by atoms with Crippen LogP contribution in [0.1, 0.15) is 24.5 Å². The van der Waals surface area contributed by atoms with Crippen molar-refractivity contribution in [3.8, 4) is 0 Å². The zero-order valence-electron chi connectivity index (χ0n) is 7.66. The highest BCUT2D eigenvalue weighted by Gasteiger charge is 2.17. The van der Waals surface area contributed by atoms with Crippen LogP contribution in [-0.4, -0.2) is 23.5 Å². The van der Waals surface area contributed by atoms with Crippen molar-refractivity contribution < 1.29 is 0 Å². The molecule has 7 heteroatoms. The molecule has 14 heavy (non-hydrogen) atoms. The van der Waals surface area contributed by atoms with Gasteiger partial charge in [-0.05, 0) is 6.92 Å². The molecular formula is C7H10N6S. The predicted molar refractivity (Wildman–Crippen MR) is 51.6 cm³/mol. The second-order valence-electron chi connectivity index (χ2n) is 2.74. The average molecular weight is 210 g/mol. The molecule has 0 saturated heterocycles. The number of hydrogen-bond donors (Lipinski definition) is 1. The van der Waals surface area contributed by atoms with Crippen molar-refractivity contribution in [2.75, 3.05) is 0 Å². The van der Waals surface area contributed by atoms with Crippen LogP contribution in [0.4, 0.5) is 0 Å². The van der Waals surface area contributed by atoms with Crippen molar-refractivity contribution in [3.63, 3.8) is 0 Å². The van der Waals surface area contributed by atoms with Gasteiger partial charge in [0.1, 0.15) is 18.2 Å². The zero-order valence-corrected chi connectivity index (χ0v) is 8.48. The highest BCUT2D eigenvalue weighted by molar-refractivity contribution is 6.99. The molecule has 2 N–H and O–H groups in total.